The second-order valence-corrected chi connectivity index (χ2v) is 5.80. The molecule has 1 aromatic carbocycles. The van der Waals surface area contributed by atoms with Gasteiger partial charge in [-0.1, -0.05) is 6.07 Å². The van der Waals surface area contributed by atoms with E-state index in [0.29, 0.717) is 25.4 Å². The second-order valence-electron chi connectivity index (χ2n) is 5.80. The maximum atomic E-state index is 10.8. The van der Waals surface area contributed by atoms with Gasteiger partial charge in [0, 0.05) is 5.39 Å². The van der Waals surface area contributed by atoms with Crippen LogP contribution in [-0.2, 0) is 16.1 Å². The van der Waals surface area contributed by atoms with Gasteiger partial charge in [0.25, 0.3) is 0 Å². The smallest absolute Gasteiger partial charge is 0.371 e. The fourth-order valence-corrected chi connectivity index (χ4v) is 1.88. The van der Waals surface area contributed by atoms with Crippen LogP contribution in [-0.4, -0.2) is 29.9 Å². The van der Waals surface area contributed by atoms with Crippen LogP contribution < -0.4 is 0 Å². The first-order valence-electron chi connectivity index (χ1n) is 6.83. The van der Waals surface area contributed by atoms with Gasteiger partial charge >= 0.3 is 5.97 Å². The lowest BCUT2D eigenvalue weighted by Gasteiger charge is -2.19. The number of benzene rings is 1. The minimum atomic E-state index is -1.07. The molecule has 21 heavy (non-hydrogen) atoms. The molecular formula is C16H20O5. The molecule has 0 radical (unpaired) electrons. The van der Waals surface area contributed by atoms with Gasteiger partial charge in [0.2, 0.25) is 5.76 Å². The van der Waals surface area contributed by atoms with Gasteiger partial charge in [-0.25, -0.2) is 4.79 Å². The lowest BCUT2D eigenvalue weighted by molar-refractivity contribution is -0.0376. The molecule has 0 saturated carbocycles. The monoisotopic (exact) mass is 292 g/mol. The lowest BCUT2D eigenvalue weighted by atomic mass is 10.2. The van der Waals surface area contributed by atoms with E-state index < -0.39 is 5.97 Å². The zero-order valence-electron chi connectivity index (χ0n) is 12.5. The van der Waals surface area contributed by atoms with Crippen LogP contribution in [0.1, 0.15) is 36.9 Å². The highest BCUT2D eigenvalue weighted by atomic mass is 16.5. The van der Waals surface area contributed by atoms with Gasteiger partial charge in [0.05, 0.1) is 25.4 Å². The Morgan fingerprint density at radius 1 is 1.24 bits per heavy atom. The Morgan fingerprint density at radius 2 is 2.00 bits per heavy atom. The molecule has 0 spiro atoms. The Balaban J connectivity index is 1.89. The fraction of sp³-hybridized carbons (Fsp3) is 0.438. The summed E-state index contributed by atoms with van der Waals surface area (Å²) in [4.78, 5) is 10.8. The number of furan rings is 1. The minimum absolute atomic E-state index is 0.0540. The van der Waals surface area contributed by atoms with E-state index in [9.17, 15) is 4.79 Å². The minimum Gasteiger partial charge on any atom is -0.475 e. The molecule has 0 atom stereocenters. The molecule has 1 aromatic heterocycles. The molecule has 0 amide bonds. The number of aromatic carboxylic acids is 1. The number of carbonyl (C=O) groups is 1. The molecule has 1 heterocycles. The van der Waals surface area contributed by atoms with Crippen LogP contribution in [0.3, 0.4) is 0 Å². The van der Waals surface area contributed by atoms with Crippen molar-refractivity contribution < 1.29 is 23.8 Å². The summed E-state index contributed by atoms with van der Waals surface area (Å²) in [6.07, 6.45) is 0. The Hall–Kier alpha value is -1.85. The van der Waals surface area contributed by atoms with Crippen LogP contribution in [0.5, 0.6) is 0 Å². The van der Waals surface area contributed by atoms with Crippen LogP contribution in [0.4, 0.5) is 0 Å². The summed E-state index contributed by atoms with van der Waals surface area (Å²) < 4.78 is 16.3. The number of carboxylic acid groups (broad SMARTS) is 1. The van der Waals surface area contributed by atoms with Crippen molar-refractivity contribution >= 4 is 16.9 Å². The number of rotatable bonds is 6. The van der Waals surface area contributed by atoms with E-state index in [0.717, 1.165) is 10.9 Å². The van der Waals surface area contributed by atoms with Gasteiger partial charge in [-0.05, 0) is 44.5 Å². The molecule has 1 N–H and O–H groups in total. The van der Waals surface area contributed by atoms with Crippen molar-refractivity contribution in [2.75, 3.05) is 13.2 Å². The van der Waals surface area contributed by atoms with E-state index in [1.54, 1.807) is 6.07 Å². The van der Waals surface area contributed by atoms with Crippen molar-refractivity contribution in [3.05, 3.63) is 35.6 Å². The second kappa shape index (κ2) is 6.28. The maximum Gasteiger partial charge on any atom is 0.371 e. The average Bonchev–Trinajstić information content (AvgIpc) is 2.80. The fourth-order valence-electron chi connectivity index (χ4n) is 1.88. The zero-order valence-corrected chi connectivity index (χ0v) is 12.5. The third-order valence-corrected chi connectivity index (χ3v) is 2.82. The third kappa shape index (κ3) is 4.58. The highest BCUT2D eigenvalue weighted by molar-refractivity contribution is 5.91. The molecule has 0 unspecified atom stereocenters. The predicted molar refractivity (Wildman–Crippen MR) is 78.5 cm³/mol. The summed E-state index contributed by atoms with van der Waals surface area (Å²) >= 11 is 0. The molecule has 5 nitrogen and oxygen atoms in total. The molecule has 0 aliphatic carbocycles. The molecule has 0 fully saturated rings. The number of ether oxygens (including phenoxy) is 2. The normalized spacial score (nSPS) is 12.0. The molecule has 2 rings (SSSR count). The molecule has 5 heteroatoms. The summed E-state index contributed by atoms with van der Waals surface area (Å²) in [7, 11) is 0. The highest BCUT2D eigenvalue weighted by Crippen LogP contribution is 2.21. The van der Waals surface area contributed by atoms with Crippen LogP contribution in [0, 0.1) is 0 Å². The number of hydrogen-bond donors (Lipinski definition) is 1. The molecule has 0 saturated heterocycles. The lowest BCUT2D eigenvalue weighted by Crippen LogP contribution is -2.21. The summed E-state index contributed by atoms with van der Waals surface area (Å²) in [5, 5.41) is 9.65. The predicted octanol–water partition coefficient (Wildman–Crippen LogP) is 3.46. The van der Waals surface area contributed by atoms with Gasteiger partial charge < -0.3 is 19.0 Å². The van der Waals surface area contributed by atoms with Crippen molar-refractivity contribution in [3.8, 4) is 0 Å². The first-order chi connectivity index (χ1) is 9.85. The Kier molecular flexibility index (Phi) is 4.65. The van der Waals surface area contributed by atoms with Gasteiger partial charge in [-0.2, -0.15) is 0 Å². The maximum absolute atomic E-state index is 10.8. The number of hydrogen-bond acceptors (Lipinski definition) is 4. The third-order valence-electron chi connectivity index (χ3n) is 2.82. The zero-order chi connectivity index (χ0) is 15.5. The molecular weight excluding hydrogens is 272 g/mol. The van der Waals surface area contributed by atoms with Gasteiger partial charge in [0.1, 0.15) is 5.58 Å². The Morgan fingerprint density at radius 3 is 2.67 bits per heavy atom. The van der Waals surface area contributed by atoms with Crippen LogP contribution in [0.25, 0.3) is 11.0 Å². The van der Waals surface area contributed by atoms with Crippen molar-refractivity contribution in [1.82, 2.24) is 0 Å². The van der Waals surface area contributed by atoms with Crippen LogP contribution in [0.2, 0.25) is 0 Å². The standard InChI is InChI=1S/C16H20O5/c1-16(2,3)20-7-6-19-10-11-4-5-13-12(8-11)9-14(21-13)15(17)18/h4-5,8-9H,6-7,10H2,1-3H3,(H,17,18). The van der Waals surface area contributed by atoms with Crippen LogP contribution in [0.15, 0.2) is 28.7 Å². The summed E-state index contributed by atoms with van der Waals surface area (Å²) in [5.74, 6) is -1.12. The highest BCUT2D eigenvalue weighted by Gasteiger charge is 2.11. The topological polar surface area (TPSA) is 68.9 Å². The largest absolute Gasteiger partial charge is 0.475 e. The van der Waals surface area contributed by atoms with E-state index in [1.807, 2.05) is 32.9 Å². The number of carboxylic acids is 1. The van der Waals surface area contributed by atoms with E-state index in [4.69, 9.17) is 19.0 Å². The molecule has 114 valence electrons. The van der Waals surface area contributed by atoms with Crippen LogP contribution >= 0.6 is 0 Å². The SMILES string of the molecule is CC(C)(C)OCCOCc1ccc2oc(C(=O)O)cc2c1. The molecule has 0 aliphatic heterocycles. The van der Waals surface area contributed by atoms with Gasteiger partial charge in [-0.15, -0.1) is 0 Å². The summed E-state index contributed by atoms with van der Waals surface area (Å²) in [5.41, 5.74) is 1.37. The summed E-state index contributed by atoms with van der Waals surface area (Å²) in [6.45, 7) is 7.51. The Bertz CT molecular complexity index is 621. The van der Waals surface area contributed by atoms with Crippen molar-refractivity contribution in [2.45, 2.75) is 33.0 Å². The first-order valence-corrected chi connectivity index (χ1v) is 6.83. The van der Waals surface area contributed by atoms with Gasteiger partial charge in [-0.3, -0.25) is 0 Å². The average molecular weight is 292 g/mol. The molecule has 0 bridgehead atoms. The summed E-state index contributed by atoms with van der Waals surface area (Å²) in [6, 6.07) is 7.01. The van der Waals surface area contributed by atoms with Gasteiger partial charge in [0.15, 0.2) is 0 Å². The van der Waals surface area contributed by atoms with Crippen molar-refractivity contribution in [1.29, 1.82) is 0 Å². The molecule has 2 aromatic rings. The first kappa shape index (κ1) is 15.5. The van der Waals surface area contributed by atoms with E-state index in [-0.39, 0.29) is 11.4 Å². The molecule has 0 aliphatic rings. The quantitative estimate of drug-likeness (QED) is 0.826. The van der Waals surface area contributed by atoms with Crippen molar-refractivity contribution in [2.24, 2.45) is 0 Å². The van der Waals surface area contributed by atoms with E-state index in [2.05, 4.69) is 0 Å². The van der Waals surface area contributed by atoms with E-state index in [1.165, 1.54) is 6.07 Å². The van der Waals surface area contributed by atoms with Crippen molar-refractivity contribution in [3.63, 3.8) is 0 Å². The Labute approximate surface area is 123 Å². The number of fused-ring (bicyclic) bond motifs is 1. The van der Waals surface area contributed by atoms with E-state index >= 15 is 0 Å².